The highest BCUT2D eigenvalue weighted by molar-refractivity contribution is 7.26. The molecule has 5 rings (SSSR count). The standard InChI is InChI=1S/C30H33NSSi/c1-17(2)25-16-22(15-21-13-18(3)19(4)14-26(21)25)28-30-24(11-12-31-28)23-9-10-27(33(6,7)8)20(5)29(23)32-30/h9-17H,1-8H3. The van der Waals surface area contributed by atoms with Crippen molar-refractivity contribution in [2.75, 3.05) is 0 Å². The number of hydrogen-bond donors (Lipinski definition) is 0. The molecule has 2 heterocycles. The molecule has 3 heteroatoms. The van der Waals surface area contributed by atoms with Crippen LogP contribution in [-0.4, -0.2) is 13.1 Å². The van der Waals surface area contributed by atoms with E-state index < -0.39 is 8.07 Å². The first-order chi connectivity index (χ1) is 15.6. The van der Waals surface area contributed by atoms with Crippen molar-refractivity contribution in [1.82, 2.24) is 4.98 Å². The van der Waals surface area contributed by atoms with Crippen molar-refractivity contribution in [3.63, 3.8) is 0 Å². The Morgan fingerprint density at radius 2 is 1.48 bits per heavy atom. The lowest BCUT2D eigenvalue weighted by atomic mass is 9.90. The Hall–Kier alpha value is -2.49. The molecule has 0 N–H and O–H groups in total. The number of thiophene rings is 1. The molecule has 1 nitrogen and oxygen atoms in total. The molecule has 33 heavy (non-hydrogen) atoms. The summed E-state index contributed by atoms with van der Waals surface area (Å²) in [7, 11) is -1.39. The molecule has 0 saturated heterocycles. The normalized spacial score (nSPS) is 12.5. The maximum Gasteiger partial charge on any atom is 0.0880 e. The highest BCUT2D eigenvalue weighted by Crippen LogP contribution is 2.41. The first kappa shape index (κ1) is 22.3. The molecule has 168 valence electrons. The van der Waals surface area contributed by atoms with E-state index in [1.54, 1.807) is 5.19 Å². The lowest BCUT2D eigenvalue weighted by Gasteiger charge is -2.19. The molecule has 0 amide bonds. The second kappa shape index (κ2) is 7.78. The van der Waals surface area contributed by atoms with Crippen LogP contribution >= 0.6 is 11.3 Å². The molecule has 0 bridgehead atoms. The third kappa shape index (κ3) is 3.62. The van der Waals surface area contributed by atoms with Gasteiger partial charge in [-0.15, -0.1) is 11.3 Å². The van der Waals surface area contributed by atoms with E-state index in [4.69, 9.17) is 4.98 Å². The lowest BCUT2D eigenvalue weighted by molar-refractivity contribution is 0.876. The highest BCUT2D eigenvalue weighted by atomic mass is 32.1. The molecule has 0 spiro atoms. The zero-order chi connectivity index (χ0) is 23.7. The number of benzene rings is 3. The maximum atomic E-state index is 4.94. The van der Waals surface area contributed by atoms with E-state index >= 15 is 0 Å². The Morgan fingerprint density at radius 3 is 2.18 bits per heavy atom. The molecule has 0 aliphatic carbocycles. The second-order valence-electron chi connectivity index (χ2n) is 10.9. The number of aryl methyl sites for hydroxylation is 3. The smallest absolute Gasteiger partial charge is 0.0880 e. The average Bonchev–Trinajstić information content (AvgIpc) is 3.13. The fraction of sp³-hybridized carbons (Fsp3) is 0.300. The van der Waals surface area contributed by atoms with Crippen LogP contribution in [0.25, 0.3) is 42.2 Å². The van der Waals surface area contributed by atoms with Crippen molar-refractivity contribution >= 4 is 55.5 Å². The van der Waals surface area contributed by atoms with Crippen LogP contribution in [0.5, 0.6) is 0 Å². The fourth-order valence-corrected chi connectivity index (χ4v) is 8.43. The van der Waals surface area contributed by atoms with Crippen molar-refractivity contribution in [1.29, 1.82) is 0 Å². The summed E-state index contributed by atoms with van der Waals surface area (Å²) in [6.45, 7) is 18.6. The Labute approximate surface area is 202 Å². The summed E-state index contributed by atoms with van der Waals surface area (Å²) in [6.07, 6.45) is 1.99. The first-order valence-electron chi connectivity index (χ1n) is 11.9. The van der Waals surface area contributed by atoms with Gasteiger partial charge in [-0.05, 0) is 77.9 Å². The summed E-state index contributed by atoms with van der Waals surface area (Å²) in [4.78, 5) is 4.94. The van der Waals surface area contributed by atoms with Gasteiger partial charge in [0.1, 0.15) is 0 Å². The van der Waals surface area contributed by atoms with Gasteiger partial charge in [-0.25, -0.2) is 0 Å². The minimum Gasteiger partial charge on any atom is -0.255 e. The SMILES string of the molecule is Cc1cc2cc(-c3nccc4c3sc3c(C)c([Si](C)(C)C)ccc34)cc(C(C)C)c2cc1C. The van der Waals surface area contributed by atoms with E-state index in [-0.39, 0.29) is 0 Å². The molecule has 0 aliphatic rings. The maximum absolute atomic E-state index is 4.94. The third-order valence-corrected chi connectivity index (χ3v) is 10.6. The zero-order valence-corrected chi connectivity index (χ0v) is 22.9. The van der Waals surface area contributed by atoms with Gasteiger partial charge in [0.15, 0.2) is 0 Å². The first-order valence-corrected chi connectivity index (χ1v) is 16.2. The zero-order valence-electron chi connectivity index (χ0n) is 21.1. The van der Waals surface area contributed by atoms with E-state index in [9.17, 15) is 0 Å². The van der Waals surface area contributed by atoms with Crippen LogP contribution in [0.4, 0.5) is 0 Å². The largest absolute Gasteiger partial charge is 0.255 e. The summed E-state index contributed by atoms with van der Waals surface area (Å²) in [5.41, 5.74) is 7.92. The Morgan fingerprint density at radius 1 is 0.788 bits per heavy atom. The molecule has 0 aliphatic heterocycles. The molecule has 2 aromatic heterocycles. The molecular weight excluding hydrogens is 434 g/mol. The van der Waals surface area contributed by atoms with Crippen LogP contribution in [0.1, 0.15) is 42.0 Å². The van der Waals surface area contributed by atoms with Crippen LogP contribution < -0.4 is 5.19 Å². The van der Waals surface area contributed by atoms with Gasteiger partial charge in [0.05, 0.1) is 18.5 Å². The van der Waals surface area contributed by atoms with Gasteiger partial charge >= 0.3 is 0 Å². The molecule has 3 aromatic carbocycles. The molecule has 5 aromatic rings. The van der Waals surface area contributed by atoms with Gasteiger partial charge in [-0.1, -0.05) is 62.9 Å². The van der Waals surface area contributed by atoms with E-state index in [0.717, 1.165) is 5.69 Å². The molecule has 0 unspecified atom stereocenters. The van der Waals surface area contributed by atoms with Crippen molar-refractivity contribution in [3.05, 3.63) is 70.9 Å². The summed E-state index contributed by atoms with van der Waals surface area (Å²) < 4.78 is 2.73. The van der Waals surface area contributed by atoms with Gasteiger partial charge in [-0.2, -0.15) is 0 Å². The van der Waals surface area contributed by atoms with Crippen molar-refractivity contribution in [3.8, 4) is 11.3 Å². The quantitative estimate of drug-likeness (QED) is 0.241. The van der Waals surface area contributed by atoms with E-state index in [2.05, 4.69) is 96.7 Å². The lowest BCUT2D eigenvalue weighted by Crippen LogP contribution is -2.39. The van der Waals surface area contributed by atoms with Crippen LogP contribution in [-0.2, 0) is 0 Å². The highest BCUT2D eigenvalue weighted by Gasteiger charge is 2.22. The van der Waals surface area contributed by atoms with E-state index in [1.807, 2.05) is 17.5 Å². The minimum absolute atomic E-state index is 0.456. The molecule has 0 atom stereocenters. The Balaban J connectivity index is 1.82. The van der Waals surface area contributed by atoms with Gasteiger partial charge < -0.3 is 0 Å². The number of fused-ring (bicyclic) bond motifs is 4. The summed E-state index contributed by atoms with van der Waals surface area (Å²) in [5, 5.41) is 6.95. The number of pyridine rings is 1. The van der Waals surface area contributed by atoms with Crippen molar-refractivity contribution < 1.29 is 0 Å². The number of nitrogens with zero attached hydrogens (tertiary/aromatic N) is 1. The van der Waals surface area contributed by atoms with Crippen molar-refractivity contribution in [2.45, 2.75) is 60.2 Å². The van der Waals surface area contributed by atoms with Crippen LogP contribution in [0.15, 0.2) is 48.7 Å². The number of aromatic nitrogens is 1. The van der Waals surface area contributed by atoms with Crippen LogP contribution in [0.2, 0.25) is 19.6 Å². The Bertz CT molecular complexity index is 1550. The second-order valence-corrected chi connectivity index (χ2v) is 16.9. The average molecular weight is 468 g/mol. The fourth-order valence-electron chi connectivity index (χ4n) is 5.20. The van der Waals surface area contributed by atoms with E-state index in [0.29, 0.717) is 5.92 Å². The minimum atomic E-state index is -1.39. The van der Waals surface area contributed by atoms with E-state index in [1.165, 1.54) is 58.8 Å². The van der Waals surface area contributed by atoms with Gasteiger partial charge in [0.2, 0.25) is 0 Å². The van der Waals surface area contributed by atoms with Gasteiger partial charge in [0.25, 0.3) is 0 Å². The van der Waals surface area contributed by atoms with Crippen LogP contribution in [0, 0.1) is 20.8 Å². The number of rotatable bonds is 3. The molecule has 0 radical (unpaired) electrons. The molecule has 0 fully saturated rings. The third-order valence-electron chi connectivity index (χ3n) is 7.11. The summed E-state index contributed by atoms with van der Waals surface area (Å²) in [5.74, 6) is 0.456. The Kier molecular flexibility index (Phi) is 5.26. The predicted octanol–water partition coefficient (Wildman–Crippen LogP) is 8.86. The monoisotopic (exact) mass is 467 g/mol. The summed E-state index contributed by atoms with van der Waals surface area (Å²) >= 11 is 1.92. The van der Waals surface area contributed by atoms with Crippen LogP contribution in [0.3, 0.4) is 0 Å². The number of hydrogen-bond acceptors (Lipinski definition) is 2. The topological polar surface area (TPSA) is 12.9 Å². The molecule has 0 saturated carbocycles. The van der Waals surface area contributed by atoms with Gasteiger partial charge in [0, 0.05) is 27.2 Å². The predicted molar refractivity (Wildman–Crippen MR) is 151 cm³/mol. The van der Waals surface area contributed by atoms with Gasteiger partial charge in [-0.3, -0.25) is 4.98 Å². The summed E-state index contributed by atoms with van der Waals surface area (Å²) in [6, 6.07) is 16.4. The molecular formula is C30H33NSSi. The van der Waals surface area contributed by atoms with Crippen molar-refractivity contribution in [2.24, 2.45) is 0 Å².